The first kappa shape index (κ1) is 22.9. The van der Waals surface area contributed by atoms with Gasteiger partial charge >= 0.3 is 0 Å². The van der Waals surface area contributed by atoms with Gasteiger partial charge in [-0.05, 0) is 37.5 Å². The van der Waals surface area contributed by atoms with Gasteiger partial charge in [0.1, 0.15) is 0 Å². The minimum absolute atomic E-state index is 0. The fourth-order valence-corrected chi connectivity index (χ4v) is 3.16. The van der Waals surface area contributed by atoms with Crippen molar-refractivity contribution in [2.75, 3.05) is 20.1 Å². The monoisotopic (exact) mass is 506 g/mol. The highest BCUT2D eigenvalue weighted by Gasteiger charge is 2.34. The highest BCUT2D eigenvalue weighted by molar-refractivity contribution is 14.0. The summed E-state index contributed by atoms with van der Waals surface area (Å²) in [7, 11) is 1.74. The van der Waals surface area contributed by atoms with Crippen LogP contribution in [0.5, 0.6) is 0 Å². The molecule has 1 aliphatic rings. The van der Waals surface area contributed by atoms with Crippen molar-refractivity contribution in [3.8, 4) is 0 Å². The van der Waals surface area contributed by atoms with Crippen LogP contribution in [0.15, 0.2) is 53.5 Å². The van der Waals surface area contributed by atoms with Crippen molar-refractivity contribution in [1.82, 2.24) is 15.5 Å². The van der Waals surface area contributed by atoms with E-state index in [4.69, 9.17) is 0 Å². The molecular weight excluding hydrogens is 479 g/mol. The van der Waals surface area contributed by atoms with Gasteiger partial charge in [-0.1, -0.05) is 42.0 Å². The molecule has 0 saturated carbocycles. The van der Waals surface area contributed by atoms with Gasteiger partial charge in [0, 0.05) is 26.7 Å². The third kappa shape index (κ3) is 5.79. The van der Waals surface area contributed by atoms with Crippen LogP contribution in [-0.2, 0) is 6.54 Å². The molecule has 2 aromatic carbocycles. The summed E-state index contributed by atoms with van der Waals surface area (Å²) in [6, 6.07) is 15.4. The summed E-state index contributed by atoms with van der Waals surface area (Å²) in [5.74, 6) is 0.356. The molecule has 154 valence electrons. The number of unbranched alkanes of at least 4 members (excludes halogenated alkanes) is 1. The number of rotatable bonds is 7. The van der Waals surface area contributed by atoms with Crippen LogP contribution in [0.3, 0.4) is 0 Å². The van der Waals surface area contributed by atoms with E-state index in [0.717, 1.165) is 25.3 Å². The van der Waals surface area contributed by atoms with Gasteiger partial charge in [0.2, 0.25) is 0 Å². The minimum atomic E-state index is -0.191. The van der Waals surface area contributed by atoms with Gasteiger partial charge in [0.15, 0.2) is 5.96 Å². The molecule has 0 aliphatic carbocycles. The van der Waals surface area contributed by atoms with Gasteiger partial charge in [0.25, 0.3) is 11.8 Å². The normalized spacial score (nSPS) is 13.2. The number of carbonyl (C=O) groups excluding carboxylic acids is 2. The molecule has 6 nitrogen and oxygen atoms in total. The second-order valence-electron chi connectivity index (χ2n) is 6.85. The van der Waals surface area contributed by atoms with E-state index in [0.29, 0.717) is 24.2 Å². The first-order chi connectivity index (χ1) is 13.6. The van der Waals surface area contributed by atoms with Crippen molar-refractivity contribution < 1.29 is 9.59 Å². The van der Waals surface area contributed by atoms with E-state index in [1.54, 1.807) is 31.3 Å². The zero-order chi connectivity index (χ0) is 19.9. The minimum Gasteiger partial charge on any atom is -0.356 e. The number of aryl methyl sites for hydroxylation is 1. The fraction of sp³-hybridized carbons (Fsp3) is 0.318. The Balaban J connectivity index is 0.00000300. The molecule has 7 heteroatoms. The van der Waals surface area contributed by atoms with E-state index in [1.165, 1.54) is 16.0 Å². The molecule has 2 N–H and O–H groups in total. The number of fused-ring (bicyclic) bond motifs is 1. The maximum absolute atomic E-state index is 12.3. The Morgan fingerprint density at radius 2 is 1.55 bits per heavy atom. The van der Waals surface area contributed by atoms with Crippen LogP contribution < -0.4 is 10.6 Å². The van der Waals surface area contributed by atoms with Gasteiger partial charge in [-0.15, -0.1) is 24.0 Å². The Morgan fingerprint density at radius 1 is 0.931 bits per heavy atom. The Labute approximate surface area is 188 Å². The van der Waals surface area contributed by atoms with Gasteiger partial charge in [-0.25, -0.2) is 0 Å². The van der Waals surface area contributed by atoms with Crippen LogP contribution >= 0.6 is 24.0 Å². The molecule has 2 amide bonds. The first-order valence-corrected chi connectivity index (χ1v) is 9.55. The standard InChI is InChI=1S/C22H26N4O2.HI/c1-16-9-11-17(12-10-16)15-25-22(23-2)24-13-5-6-14-26-20(27)18-7-3-4-8-19(18)21(26)28;/h3-4,7-12H,5-6,13-15H2,1-2H3,(H2,23,24,25);1H. The summed E-state index contributed by atoms with van der Waals surface area (Å²) in [5, 5.41) is 6.55. The lowest BCUT2D eigenvalue weighted by Gasteiger charge is -2.15. The lowest BCUT2D eigenvalue weighted by Crippen LogP contribution is -2.37. The zero-order valence-electron chi connectivity index (χ0n) is 16.8. The number of amides is 2. The third-order valence-electron chi connectivity index (χ3n) is 4.78. The second-order valence-corrected chi connectivity index (χ2v) is 6.85. The van der Waals surface area contributed by atoms with Crippen LogP contribution in [0.2, 0.25) is 0 Å². The smallest absolute Gasteiger partial charge is 0.261 e. The number of benzene rings is 2. The zero-order valence-corrected chi connectivity index (χ0v) is 19.1. The number of guanidine groups is 1. The van der Waals surface area contributed by atoms with E-state index in [-0.39, 0.29) is 35.8 Å². The molecule has 0 atom stereocenters. The van der Waals surface area contributed by atoms with Crippen LogP contribution in [0.1, 0.15) is 44.7 Å². The van der Waals surface area contributed by atoms with E-state index in [2.05, 4.69) is 46.8 Å². The van der Waals surface area contributed by atoms with E-state index >= 15 is 0 Å². The van der Waals surface area contributed by atoms with Crippen molar-refractivity contribution in [1.29, 1.82) is 0 Å². The molecule has 0 fully saturated rings. The lowest BCUT2D eigenvalue weighted by molar-refractivity contribution is 0.0652. The summed E-state index contributed by atoms with van der Waals surface area (Å²) in [6.45, 7) is 3.93. The average Bonchev–Trinajstić information content (AvgIpc) is 2.96. The number of hydrogen-bond donors (Lipinski definition) is 2. The summed E-state index contributed by atoms with van der Waals surface area (Å²) in [5.41, 5.74) is 3.45. The Morgan fingerprint density at radius 3 is 2.14 bits per heavy atom. The van der Waals surface area contributed by atoms with Crippen LogP contribution in [0.25, 0.3) is 0 Å². The predicted molar refractivity (Wildman–Crippen MR) is 126 cm³/mol. The van der Waals surface area contributed by atoms with Crippen molar-refractivity contribution in [3.05, 3.63) is 70.8 Å². The second kappa shape index (κ2) is 10.9. The maximum atomic E-state index is 12.3. The largest absolute Gasteiger partial charge is 0.356 e. The SMILES string of the molecule is CN=C(NCCCCN1C(=O)c2ccccc2C1=O)NCc1ccc(C)cc1.I. The quantitative estimate of drug-likeness (QED) is 0.199. The Hall–Kier alpha value is -2.42. The number of nitrogens with zero attached hydrogens (tertiary/aromatic N) is 2. The molecule has 29 heavy (non-hydrogen) atoms. The van der Waals surface area contributed by atoms with Gasteiger partial charge < -0.3 is 10.6 Å². The topological polar surface area (TPSA) is 73.8 Å². The molecule has 1 aliphatic heterocycles. The summed E-state index contributed by atoms with van der Waals surface area (Å²) in [6.07, 6.45) is 1.58. The highest BCUT2D eigenvalue weighted by atomic mass is 127. The van der Waals surface area contributed by atoms with Crippen molar-refractivity contribution in [3.63, 3.8) is 0 Å². The van der Waals surface area contributed by atoms with E-state index < -0.39 is 0 Å². The number of imide groups is 1. The molecule has 0 radical (unpaired) electrons. The Bertz CT molecular complexity index is 846. The average molecular weight is 506 g/mol. The maximum Gasteiger partial charge on any atom is 0.261 e. The van der Waals surface area contributed by atoms with Crippen LogP contribution in [0.4, 0.5) is 0 Å². The summed E-state index contributed by atoms with van der Waals surface area (Å²) >= 11 is 0. The number of nitrogens with one attached hydrogen (secondary N) is 2. The molecule has 0 spiro atoms. The number of halogens is 1. The molecular formula is C22H27IN4O2. The first-order valence-electron chi connectivity index (χ1n) is 9.55. The molecule has 0 saturated heterocycles. The lowest BCUT2D eigenvalue weighted by atomic mass is 10.1. The Kier molecular flexibility index (Phi) is 8.63. The molecule has 0 aromatic heterocycles. The molecule has 3 rings (SSSR count). The van der Waals surface area contributed by atoms with Crippen molar-refractivity contribution >= 4 is 41.8 Å². The summed E-state index contributed by atoms with van der Waals surface area (Å²) in [4.78, 5) is 30.2. The third-order valence-corrected chi connectivity index (χ3v) is 4.78. The number of carbonyl (C=O) groups is 2. The van der Waals surface area contributed by atoms with Gasteiger partial charge in [-0.2, -0.15) is 0 Å². The summed E-state index contributed by atoms with van der Waals surface area (Å²) < 4.78 is 0. The molecule has 1 heterocycles. The van der Waals surface area contributed by atoms with Gasteiger partial charge in [0.05, 0.1) is 11.1 Å². The fourth-order valence-electron chi connectivity index (χ4n) is 3.16. The van der Waals surface area contributed by atoms with Crippen molar-refractivity contribution in [2.24, 2.45) is 4.99 Å². The van der Waals surface area contributed by atoms with Crippen LogP contribution in [0, 0.1) is 6.92 Å². The van der Waals surface area contributed by atoms with Gasteiger partial charge in [-0.3, -0.25) is 19.5 Å². The van der Waals surface area contributed by atoms with E-state index in [1.807, 2.05) is 0 Å². The number of hydrogen-bond acceptors (Lipinski definition) is 3. The number of aliphatic imine (C=N–C) groups is 1. The molecule has 0 bridgehead atoms. The highest BCUT2D eigenvalue weighted by Crippen LogP contribution is 2.22. The predicted octanol–water partition coefficient (Wildman–Crippen LogP) is 3.35. The molecule has 0 unspecified atom stereocenters. The van der Waals surface area contributed by atoms with E-state index in [9.17, 15) is 9.59 Å². The van der Waals surface area contributed by atoms with Crippen molar-refractivity contribution in [2.45, 2.75) is 26.3 Å². The molecule has 2 aromatic rings. The van der Waals surface area contributed by atoms with Crippen LogP contribution in [-0.4, -0.2) is 42.8 Å².